The van der Waals surface area contributed by atoms with E-state index in [-0.39, 0.29) is 25.4 Å². The van der Waals surface area contributed by atoms with Gasteiger partial charge in [-0.15, -0.1) is 36.5 Å². The Morgan fingerprint density at radius 1 is 0.776 bits per heavy atom. The maximum atomic E-state index is 8.95. The van der Waals surface area contributed by atoms with Gasteiger partial charge in [-0.1, -0.05) is 13.2 Å². The van der Waals surface area contributed by atoms with Crippen LogP contribution in [0.25, 0.3) is 0 Å². The van der Waals surface area contributed by atoms with E-state index in [4.69, 9.17) is 50.9 Å². The Morgan fingerprint density at radius 3 is 1.45 bits per heavy atom. The Hall–Kier alpha value is -0.860. The Balaban J connectivity index is -0.000000157. The molecule has 2 rings (SSSR count). The molecule has 0 aromatic heterocycles. The predicted octanol–water partition coefficient (Wildman–Crippen LogP) is 3.14. The molecule has 2 heterocycles. The maximum Gasteiger partial charge on any atom is 0.104 e. The molecule has 288 valence electrons. The fraction of sp³-hybridized carbons (Fsp3) is 0.714. The molecule has 5 N–H and O–H groups in total. The number of epoxide rings is 2. The van der Waals surface area contributed by atoms with Crippen molar-refractivity contribution in [2.45, 2.75) is 76.2 Å². The number of ether oxygens (including phenoxy) is 7. The van der Waals surface area contributed by atoms with Gasteiger partial charge in [0.05, 0.1) is 77.3 Å². The summed E-state index contributed by atoms with van der Waals surface area (Å²) >= 11 is 4.21. The van der Waals surface area contributed by atoms with Crippen LogP contribution in [0.5, 0.6) is 0 Å². The summed E-state index contributed by atoms with van der Waals surface area (Å²) in [7, 11) is 8.12. The quantitative estimate of drug-likeness (QED) is 0.0822. The average Bonchev–Trinajstić information content (AvgIpc) is 3.98. The lowest BCUT2D eigenvalue weighted by molar-refractivity contribution is 0.0303. The molecule has 6 atom stereocenters. The van der Waals surface area contributed by atoms with Gasteiger partial charge in [-0.2, -0.15) is 0 Å². The third-order valence-electron chi connectivity index (χ3n) is 4.75. The Morgan fingerprint density at radius 2 is 1.22 bits per heavy atom. The predicted molar refractivity (Wildman–Crippen MR) is 212 cm³/mol. The van der Waals surface area contributed by atoms with Crippen LogP contribution >= 0.6 is 45.2 Å². The Bertz CT molecular complexity index is 859. The highest BCUT2D eigenvalue weighted by atomic mass is 127. The van der Waals surface area contributed by atoms with Gasteiger partial charge in [-0.05, 0) is 66.2 Å². The molecule has 14 heteroatoms. The minimum absolute atomic E-state index is 0.161. The molecule has 0 amide bonds. The van der Waals surface area contributed by atoms with E-state index in [9.17, 15) is 0 Å². The number of hydrogen-bond acceptors (Lipinski definition) is 12. The number of hydrogen-bond donors (Lipinski definition) is 5. The number of methoxy groups -OCH3 is 5. The molecule has 0 spiro atoms. The van der Waals surface area contributed by atoms with Crippen molar-refractivity contribution in [2.24, 2.45) is 0 Å². The first-order valence-corrected chi connectivity index (χ1v) is 17.3. The standard InChI is InChI=1S/C7H13IO2.C7H12O2.C6H10O2.C5H9IO2.C4H8O2.C3H6O2.C3H4/c1-6(8)4-7(10-3)5-9-2;1-3-4-5-7(8)6-9-2;1-3-4-6(7)5-8-2;1-4(6)2-5(8)3-7;1-5-2-4-3-6-4;4-1-3-2-5-3;1-3-2/h7H,1,4-5H2,2-3H3;7-8H,5-6H2,1-2H3;1,6-7H,4-5H2,2H3;5,7-8H,1-3H2;4H,2-3H2,1H3;3-4H,1-2H2;1H,2H3/t2*7-;6-;5-;4-;3-;/m000011./s1. The summed E-state index contributed by atoms with van der Waals surface area (Å²) in [4.78, 5) is 0. The lowest BCUT2D eigenvalue weighted by atomic mass is 10.3. The lowest BCUT2D eigenvalue weighted by Crippen LogP contribution is -2.16. The summed E-state index contributed by atoms with van der Waals surface area (Å²) in [6.07, 6.45) is 10.9. The third kappa shape index (κ3) is 66.0. The van der Waals surface area contributed by atoms with Gasteiger partial charge in [0.2, 0.25) is 0 Å². The van der Waals surface area contributed by atoms with Gasteiger partial charge in [-0.25, -0.2) is 0 Å². The van der Waals surface area contributed by atoms with E-state index in [1.807, 2.05) is 22.6 Å². The van der Waals surface area contributed by atoms with Crippen LogP contribution < -0.4 is 0 Å². The molecule has 0 unspecified atom stereocenters. The summed E-state index contributed by atoms with van der Waals surface area (Å²) < 4.78 is 35.5. The molecule has 2 fully saturated rings. The first-order valence-electron chi connectivity index (χ1n) is 15.1. The van der Waals surface area contributed by atoms with E-state index >= 15 is 0 Å². The smallest absolute Gasteiger partial charge is 0.104 e. The normalized spacial score (nSPS) is 16.5. The van der Waals surface area contributed by atoms with Gasteiger partial charge in [0.25, 0.3) is 0 Å². The average molecular weight is 929 g/mol. The maximum absolute atomic E-state index is 8.95. The van der Waals surface area contributed by atoms with Crippen LogP contribution in [-0.2, 0) is 33.2 Å². The Kier molecular flexibility index (Phi) is 55.3. The van der Waals surface area contributed by atoms with E-state index in [0.29, 0.717) is 45.2 Å². The van der Waals surface area contributed by atoms with Gasteiger partial charge in [-0.3, -0.25) is 0 Å². The molecule has 2 saturated heterocycles. The molecular formula is C35H62I2O12. The summed E-state index contributed by atoms with van der Waals surface area (Å²) in [5, 5.41) is 42.8. The molecular weight excluding hydrogens is 866 g/mol. The van der Waals surface area contributed by atoms with Crippen molar-refractivity contribution in [1.82, 2.24) is 0 Å². The summed E-state index contributed by atoms with van der Waals surface area (Å²) in [6.45, 7) is 14.5. The second-order valence-electron chi connectivity index (χ2n) is 9.69. The monoisotopic (exact) mass is 928 g/mol. The molecule has 0 bridgehead atoms. The number of rotatable bonds is 17. The molecule has 0 aromatic carbocycles. The summed E-state index contributed by atoms with van der Waals surface area (Å²) in [5.41, 5.74) is 0. The second-order valence-corrected chi connectivity index (χ2v) is 12.7. The van der Waals surface area contributed by atoms with Crippen molar-refractivity contribution in [2.75, 3.05) is 88.4 Å². The van der Waals surface area contributed by atoms with Crippen LogP contribution in [0.4, 0.5) is 0 Å². The minimum Gasteiger partial charge on any atom is -0.394 e. The molecule has 2 aliphatic rings. The van der Waals surface area contributed by atoms with E-state index in [1.54, 1.807) is 42.3 Å². The fourth-order valence-electron chi connectivity index (χ4n) is 2.35. The largest absolute Gasteiger partial charge is 0.394 e. The van der Waals surface area contributed by atoms with Crippen LogP contribution in [0.2, 0.25) is 0 Å². The van der Waals surface area contributed by atoms with Gasteiger partial charge in [0.1, 0.15) is 12.2 Å². The van der Waals surface area contributed by atoms with Gasteiger partial charge in [0, 0.05) is 61.2 Å². The number of aliphatic hydroxyl groups is 5. The number of aliphatic hydroxyl groups excluding tert-OH is 5. The summed E-state index contributed by atoms with van der Waals surface area (Å²) in [6, 6.07) is 0. The van der Waals surface area contributed by atoms with Crippen LogP contribution in [0.15, 0.2) is 20.3 Å². The van der Waals surface area contributed by atoms with Crippen LogP contribution in [-0.4, -0.2) is 151 Å². The molecule has 2 aliphatic heterocycles. The van der Waals surface area contributed by atoms with Crippen molar-refractivity contribution in [3.63, 3.8) is 0 Å². The topological polar surface area (TPSA) is 172 Å². The molecule has 0 aromatic rings. The second kappa shape index (κ2) is 47.1. The van der Waals surface area contributed by atoms with Crippen molar-refractivity contribution < 1.29 is 58.7 Å². The Labute approximate surface area is 323 Å². The molecule has 0 aliphatic carbocycles. The first kappa shape index (κ1) is 57.5. The van der Waals surface area contributed by atoms with Crippen LogP contribution in [0.3, 0.4) is 0 Å². The third-order valence-corrected chi connectivity index (χ3v) is 5.63. The van der Waals surface area contributed by atoms with E-state index in [1.165, 1.54) is 7.11 Å². The van der Waals surface area contributed by atoms with Gasteiger partial charge in [0.15, 0.2) is 0 Å². The van der Waals surface area contributed by atoms with E-state index in [2.05, 4.69) is 80.1 Å². The van der Waals surface area contributed by atoms with Crippen molar-refractivity contribution in [1.29, 1.82) is 0 Å². The van der Waals surface area contributed by atoms with Gasteiger partial charge >= 0.3 is 0 Å². The van der Waals surface area contributed by atoms with E-state index < -0.39 is 18.3 Å². The molecule has 0 radical (unpaired) electrons. The molecule has 49 heavy (non-hydrogen) atoms. The van der Waals surface area contributed by atoms with E-state index in [0.717, 1.165) is 33.4 Å². The van der Waals surface area contributed by atoms with Crippen molar-refractivity contribution >= 4 is 45.2 Å². The number of terminal acetylenes is 2. The highest BCUT2D eigenvalue weighted by Crippen LogP contribution is 2.12. The van der Waals surface area contributed by atoms with Crippen molar-refractivity contribution in [3.05, 3.63) is 20.3 Å². The SMILES string of the molecule is C#CC.C#CC[C@H](O)COC.C=C(I)C[C@@H](COC)OC.C=C(I)C[C@H](O)CO.CC#CC[C@H](O)COC.COC[C@@H]1CO1.OC[C@@H]1CO1. The van der Waals surface area contributed by atoms with Crippen LogP contribution in [0.1, 0.15) is 39.5 Å². The zero-order valence-corrected chi connectivity index (χ0v) is 34.7. The zero-order valence-electron chi connectivity index (χ0n) is 30.4. The number of halogens is 2. The highest BCUT2D eigenvalue weighted by molar-refractivity contribution is 14.1. The minimum atomic E-state index is -0.626. The lowest BCUT2D eigenvalue weighted by Gasteiger charge is -2.12. The fourth-order valence-corrected chi connectivity index (χ4v) is 3.35. The molecule has 12 nitrogen and oxygen atoms in total. The highest BCUT2D eigenvalue weighted by Gasteiger charge is 2.21. The molecule has 0 saturated carbocycles. The summed E-state index contributed by atoms with van der Waals surface area (Å²) in [5.74, 6) is 10.0. The van der Waals surface area contributed by atoms with Gasteiger partial charge < -0.3 is 58.7 Å². The first-order chi connectivity index (χ1) is 23.3. The zero-order chi connectivity index (χ0) is 38.9. The van der Waals surface area contributed by atoms with Crippen LogP contribution in [0, 0.1) is 36.5 Å². The van der Waals surface area contributed by atoms with Crippen molar-refractivity contribution in [3.8, 4) is 36.5 Å².